The van der Waals surface area contributed by atoms with Crippen molar-refractivity contribution < 1.29 is 14.6 Å². The molecule has 0 fully saturated rings. The highest BCUT2D eigenvalue weighted by molar-refractivity contribution is 9.08. The van der Waals surface area contributed by atoms with Gasteiger partial charge in [0.15, 0.2) is 0 Å². The Labute approximate surface area is 151 Å². The molecule has 0 aliphatic heterocycles. The molecule has 0 spiro atoms. The van der Waals surface area contributed by atoms with Gasteiger partial charge in [-0.25, -0.2) is 4.79 Å². The number of hydrogen-bond acceptors (Lipinski definition) is 2. The normalized spacial score (nSPS) is 11.9. The lowest BCUT2D eigenvalue weighted by atomic mass is 10.1. The van der Waals surface area contributed by atoms with Crippen molar-refractivity contribution in [2.75, 3.05) is 13.6 Å². The van der Waals surface area contributed by atoms with Gasteiger partial charge < -0.3 is 14.7 Å². The van der Waals surface area contributed by atoms with Crippen molar-refractivity contribution in [2.45, 2.75) is 24.5 Å². The average molecular weight is 392 g/mol. The number of rotatable bonds is 8. The molecule has 0 radical (unpaired) electrons. The third kappa shape index (κ3) is 5.65. The number of alkyl halides is 1. The maximum Gasteiger partial charge on any atom is 0.407 e. The molecule has 0 aromatic heterocycles. The van der Waals surface area contributed by atoms with E-state index in [-0.39, 0.29) is 6.10 Å². The van der Waals surface area contributed by atoms with Crippen molar-refractivity contribution in [2.24, 2.45) is 0 Å². The minimum Gasteiger partial charge on any atom is -0.465 e. The number of nitrogens with zero attached hydrogens (tertiary/aromatic N) is 1. The fourth-order valence-corrected chi connectivity index (χ4v) is 2.72. The van der Waals surface area contributed by atoms with Gasteiger partial charge >= 0.3 is 6.09 Å². The van der Waals surface area contributed by atoms with Gasteiger partial charge in [0.05, 0.1) is 12.7 Å². The molecule has 1 atom stereocenters. The molecule has 2 rings (SSSR count). The summed E-state index contributed by atoms with van der Waals surface area (Å²) in [7, 11) is 1.57. The lowest BCUT2D eigenvalue weighted by molar-refractivity contribution is 0.0288. The Morgan fingerprint density at radius 3 is 2.33 bits per heavy atom. The average Bonchev–Trinajstić information content (AvgIpc) is 2.62. The Hall–Kier alpha value is -1.85. The van der Waals surface area contributed by atoms with Crippen molar-refractivity contribution in [3.8, 4) is 0 Å². The van der Waals surface area contributed by atoms with Crippen LogP contribution in [0, 0.1) is 0 Å². The van der Waals surface area contributed by atoms with E-state index in [1.807, 2.05) is 30.3 Å². The first-order valence-electron chi connectivity index (χ1n) is 7.84. The van der Waals surface area contributed by atoms with E-state index in [0.717, 1.165) is 16.5 Å². The Bertz CT molecular complexity index is 631. The number of amides is 1. The fraction of sp³-hybridized carbons (Fsp3) is 0.316. The Balaban J connectivity index is 2.00. The van der Waals surface area contributed by atoms with Crippen LogP contribution in [0.2, 0.25) is 0 Å². The highest BCUT2D eigenvalue weighted by Gasteiger charge is 2.15. The van der Waals surface area contributed by atoms with Gasteiger partial charge in [0.2, 0.25) is 0 Å². The molecule has 1 amide bonds. The highest BCUT2D eigenvalue weighted by Crippen LogP contribution is 2.23. The summed E-state index contributed by atoms with van der Waals surface area (Å²) in [4.78, 5) is 12.3. The van der Waals surface area contributed by atoms with Crippen LogP contribution in [0.1, 0.15) is 29.2 Å². The summed E-state index contributed by atoms with van der Waals surface area (Å²) in [6, 6.07) is 18.2. The van der Waals surface area contributed by atoms with Crippen molar-refractivity contribution >= 4 is 22.0 Å². The molecule has 2 aromatic carbocycles. The summed E-state index contributed by atoms with van der Waals surface area (Å²) in [6.45, 7) is 0.927. The van der Waals surface area contributed by atoms with E-state index in [2.05, 4.69) is 40.2 Å². The molecular weight excluding hydrogens is 370 g/mol. The van der Waals surface area contributed by atoms with Crippen molar-refractivity contribution in [1.29, 1.82) is 0 Å². The monoisotopic (exact) mass is 391 g/mol. The van der Waals surface area contributed by atoms with Crippen LogP contribution in [0.3, 0.4) is 0 Å². The molecule has 5 heteroatoms. The lowest BCUT2D eigenvalue weighted by Crippen LogP contribution is -2.27. The van der Waals surface area contributed by atoms with Crippen LogP contribution >= 0.6 is 15.9 Å². The molecule has 24 heavy (non-hydrogen) atoms. The van der Waals surface area contributed by atoms with E-state index in [0.29, 0.717) is 19.6 Å². The van der Waals surface area contributed by atoms with Gasteiger partial charge in [0, 0.05) is 18.9 Å². The molecule has 0 saturated carbocycles. The van der Waals surface area contributed by atoms with Crippen LogP contribution in [0.5, 0.6) is 0 Å². The van der Waals surface area contributed by atoms with Crippen molar-refractivity contribution in [3.05, 3.63) is 71.3 Å². The Kier molecular flexibility index (Phi) is 7.28. The van der Waals surface area contributed by atoms with Gasteiger partial charge in [-0.05, 0) is 23.1 Å². The first-order chi connectivity index (χ1) is 11.6. The standard InChI is InChI=1S/C19H22BrNO3/c1-21(19(22)23)12-11-18(17-5-3-2-4-6-17)24-14-16-9-7-15(13-20)8-10-16/h2-10,18H,11-14H2,1H3,(H,22,23). The molecule has 0 heterocycles. The topological polar surface area (TPSA) is 49.8 Å². The number of halogens is 1. The van der Waals surface area contributed by atoms with Crippen LogP contribution < -0.4 is 0 Å². The summed E-state index contributed by atoms with van der Waals surface area (Å²) in [5, 5.41) is 9.84. The van der Waals surface area contributed by atoms with Crippen LogP contribution in [0.25, 0.3) is 0 Å². The number of benzene rings is 2. The molecule has 1 N–H and O–H groups in total. The van der Waals surface area contributed by atoms with Crippen LogP contribution in [-0.4, -0.2) is 29.7 Å². The highest BCUT2D eigenvalue weighted by atomic mass is 79.9. The molecule has 2 aromatic rings. The summed E-state index contributed by atoms with van der Waals surface area (Å²) >= 11 is 3.44. The van der Waals surface area contributed by atoms with Crippen LogP contribution in [0.15, 0.2) is 54.6 Å². The van der Waals surface area contributed by atoms with Gasteiger partial charge in [-0.15, -0.1) is 0 Å². The quantitative estimate of drug-likeness (QED) is 0.654. The SMILES string of the molecule is CN(CCC(OCc1ccc(CBr)cc1)c1ccccc1)C(=O)O. The second kappa shape index (κ2) is 9.45. The maximum absolute atomic E-state index is 11.0. The fourth-order valence-electron chi connectivity index (χ4n) is 2.34. The van der Waals surface area contributed by atoms with Gasteiger partial charge in [0.25, 0.3) is 0 Å². The molecule has 0 aliphatic carbocycles. The molecule has 0 bridgehead atoms. The van der Waals surface area contributed by atoms with E-state index >= 15 is 0 Å². The lowest BCUT2D eigenvalue weighted by Gasteiger charge is -2.21. The minimum atomic E-state index is -0.924. The first kappa shape index (κ1) is 18.5. The second-order valence-corrected chi connectivity index (χ2v) is 6.21. The molecule has 0 aliphatic rings. The first-order valence-corrected chi connectivity index (χ1v) is 8.96. The number of carboxylic acid groups (broad SMARTS) is 1. The summed E-state index contributed by atoms with van der Waals surface area (Å²) in [5.41, 5.74) is 3.39. The van der Waals surface area contributed by atoms with Crippen LogP contribution in [0.4, 0.5) is 4.79 Å². The second-order valence-electron chi connectivity index (χ2n) is 5.65. The summed E-state index contributed by atoms with van der Waals surface area (Å²) in [5.74, 6) is 0. The van der Waals surface area contributed by atoms with Crippen molar-refractivity contribution in [1.82, 2.24) is 4.90 Å². The zero-order valence-corrected chi connectivity index (χ0v) is 15.3. The predicted octanol–water partition coefficient (Wildman–Crippen LogP) is 4.84. The zero-order chi connectivity index (χ0) is 17.4. The Morgan fingerprint density at radius 2 is 1.75 bits per heavy atom. The molecule has 0 saturated heterocycles. The van der Waals surface area contributed by atoms with Gasteiger partial charge in [-0.1, -0.05) is 70.5 Å². The molecule has 1 unspecified atom stereocenters. The van der Waals surface area contributed by atoms with E-state index in [1.54, 1.807) is 7.05 Å². The van der Waals surface area contributed by atoms with Gasteiger partial charge in [-0.2, -0.15) is 0 Å². The number of hydrogen-bond donors (Lipinski definition) is 1. The zero-order valence-electron chi connectivity index (χ0n) is 13.7. The summed E-state index contributed by atoms with van der Waals surface area (Å²) < 4.78 is 6.09. The van der Waals surface area contributed by atoms with Gasteiger partial charge in [0.1, 0.15) is 0 Å². The minimum absolute atomic E-state index is 0.135. The van der Waals surface area contributed by atoms with E-state index in [9.17, 15) is 4.79 Å². The van der Waals surface area contributed by atoms with E-state index in [1.165, 1.54) is 10.5 Å². The third-order valence-electron chi connectivity index (χ3n) is 3.85. The van der Waals surface area contributed by atoms with E-state index in [4.69, 9.17) is 9.84 Å². The predicted molar refractivity (Wildman–Crippen MR) is 98.3 cm³/mol. The van der Waals surface area contributed by atoms with Crippen LogP contribution in [-0.2, 0) is 16.7 Å². The smallest absolute Gasteiger partial charge is 0.407 e. The maximum atomic E-state index is 11.0. The molecule has 4 nitrogen and oxygen atoms in total. The number of ether oxygens (including phenoxy) is 1. The largest absolute Gasteiger partial charge is 0.465 e. The van der Waals surface area contributed by atoms with E-state index < -0.39 is 6.09 Å². The summed E-state index contributed by atoms with van der Waals surface area (Å²) in [6.07, 6.45) is -0.442. The number of carbonyl (C=O) groups is 1. The van der Waals surface area contributed by atoms with Gasteiger partial charge in [-0.3, -0.25) is 0 Å². The Morgan fingerprint density at radius 1 is 1.12 bits per heavy atom. The third-order valence-corrected chi connectivity index (χ3v) is 4.50. The van der Waals surface area contributed by atoms with Crippen molar-refractivity contribution in [3.63, 3.8) is 0 Å². The molecule has 128 valence electrons. The molecular formula is C19H22BrNO3.